The van der Waals surface area contributed by atoms with Gasteiger partial charge in [0, 0.05) is 19.2 Å². The minimum Gasteiger partial charge on any atom is -0.384 e. The lowest BCUT2D eigenvalue weighted by molar-refractivity contribution is 0.498. The molecule has 1 atom stereocenters. The third kappa shape index (κ3) is 2.45. The molecule has 4 heteroatoms. The second-order valence-corrected chi connectivity index (χ2v) is 3.85. The summed E-state index contributed by atoms with van der Waals surface area (Å²) in [6.45, 7) is 4.29. The van der Waals surface area contributed by atoms with Crippen LogP contribution in [0.1, 0.15) is 32.0 Å². The molecule has 1 rings (SSSR count). The van der Waals surface area contributed by atoms with Gasteiger partial charge in [0.1, 0.15) is 5.82 Å². The van der Waals surface area contributed by atoms with Crippen molar-refractivity contribution in [2.24, 2.45) is 18.7 Å². The second-order valence-electron chi connectivity index (χ2n) is 3.85. The van der Waals surface area contributed by atoms with Crippen molar-refractivity contribution in [3.63, 3.8) is 0 Å². The fourth-order valence-electron chi connectivity index (χ4n) is 1.31. The molecule has 0 saturated carbocycles. The van der Waals surface area contributed by atoms with E-state index in [2.05, 4.69) is 18.9 Å². The Morgan fingerprint density at radius 2 is 2.15 bits per heavy atom. The molecule has 0 unspecified atom stereocenters. The van der Waals surface area contributed by atoms with Gasteiger partial charge in [-0.25, -0.2) is 0 Å². The molecule has 1 aromatic rings. The van der Waals surface area contributed by atoms with Crippen LogP contribution in [0, 0.1) is 5.92 Å². The molecule has 1 heterocycles. The number of aryl methyl sites for hydroxylation is 1. The maximum atomic E-state index is 5.95. The van der Waals surface area contributed by atoms with Crippen molar-refractivity contribution in [2.45, 2.75) is 26.3 Å². The van der Waals surface area contributed by atoms with Gasteiger partial charge in [0.25, 0.3) is 0 Å². The van der Waals surface area contributed by atoms with Gasteiger partial charge in [-0.1, -0.05) is 13.8 Å². The fraction of sp³-hybridized carbons (Fsp3) is 0.667. The lowest BCUT2D eigenvalue weighted by Gasteiger charge is -2.10. The minimum atomic E-state index is 0.00324. The summed E-state index contributed by atoms with van der Waals surface area (Å²) in [5.41, 5.74) is 12.5. The molecule has 0 spiro atoms. The smallest absolute Gasteiger partial charge is 0.121 e. The summed E-state index contributed by atoms with van der Waals surface area (Å²) in [5.74, 6) is 1.24. The zero-order chi connectivity index (χ0) is 10.0. The van der Waals surface area contributed by atoms with Gasteiger partial charge in [-0.05, 0) is 12.3 Å². The number of nitrogens with zero attached hydrogens (tertiary/aromatic N) is 2. The van der Waals surface area contributed by atoms with Crippen LogP contribution >= 0.6 is 0 Å². The number of aromatic nitrogens is 2. The molecule has 0 aliphatic heterocycles. The molecular weight excluding hydrogens is 164 g/mol. The lowest BCUT2D eigenvalue weighted by atomic mass is 10.0. The van der Waals surface area contributed by atoms with Gasteiger partial charge in [-0.2, -0.15) is 5.10 Å². The molecule has 1 aromatic heterocycles. The van der Waals surface area contributed by atoms with Crippen LogP contribution in [0.2, 0.25) is 0 Å². The topological polar surface area (TPSA) is 69.9 Å². The summed E-state index contributed by atoms with van der Waals surface area (Å²) >= 11 is 0. The molecule has 0 saturated heterocycles. The molecule has 0 amide bonds. The van der Waals surface area contributed by atoms with Gasteiger partial charge in [0.2, 0.25) is 0 Å². The Hall–Kier alpha value is -1.03. The van der Waals surface area contributed by atoms with E-state index in [-0.39, 0.29) is 6.04 Å². The third-order valence-electron chi connectivity index (χ3n) is 2.04. The number of hydrogen-bond donors (Lipinski definition) is 2. The van der Waals surface area contributed by atoms with E-state index in [0.29, 0.717) is 11.7 Å². The van der Waals surface area contributed by atoms with E-state index in [9.17, 15) is 0 Å². The number of hydrogen-bond acceptors (Lipinski definition) is 3. The molecule has 13 heavy (non-hydrogen) atoms. The molecule has 74 valence electrons. The Balaban J connectivity index is 2.71. The fourth-order valence-corrected chi connectivity index (χ4v) is 1.31. The Bertz CT molecular complexity index is 258. The Kier molecular flexibility index (Phi) is 2.93. The van der Waals surface area contributed by atoms with Crippen LogP contribution in [0.15, 0.2) is 6.07 Å². The number of nitrogen functional groups attached to an aromatic ring is 1. The SMILES string of the molecule is CC(C)C[C@@H](N)c1cc(N)n(C)n1. The standard InChI is InChI=1S/C9H18N4/c1-6(2)4-7(10)8-5-9(11)13(3)12-8/h5-7H,4,10-11H2,1-3H3/t7-/m1/s1. The van der Waals surface area contributed by atoms with Crippen LogP contribution in [0.3, 0.4) is 0 Å². The summed E-state index contributed by atoms with van der Waals surface area (Å²) in [4.78, 5) is 0. The zero-order valence-electron chi connectivity index (χ0n) is 8.49. The summed E-state index contributed by atoms with van der Waals surface area (Å²) in [6, 6.07) is 1.84. The van der Waals surface area contributed by atoms with Crippen molar-refractivity contribution in [2.75, 3.05) is 5.73 Å². The van der Waals surface area contributed by atoms with Crippen LogP contribution in [0.5, 0.6) is 0 Å². The highest BCUT2D eigenvalue weighted by atomic mass is 15.3. The Labute approximate surface area is 78.9 Å². The van der Waals surface area contributed by atoms with Crippen molar-refractivity contribution in [1.82, 2.24) is 9.78 Å². The van der Waals surface area contributed by atoms with Crippen molar-refractivity contribution in [3.8, 4) is 0 Å². The first-order valence-corrected chi connectivity index (χ1v) is 4.55. The predicted molar refractivity (Wildman–Crippen MR) is 54.0 cm³/mol. The first kappa shape index (κ1) is 10.1. The Morgan fingerprint density at radius 1 is 1.54 bits per heavy atom. The maximum Gasteiger partial charge on any atom is 0.121 e. The van der Waals surface area contributed by atoms with Crippen LogP contribution in [0.4, 0.5) is 5.82 Å². The van der Waals surface area contributed by atoms with Crippen molar-refractivity contribution >= 4 is 5.82 Å². The Morgan fingerprint density at radius 3 is 2.54 bits per heavy atom. The molecule has 0 bridgehead atoms. The molecule has 0 aromatic carbocycles. The lowest BCUT2D eigenvalue weighted by Crippen LogP contribution is -2.13. The highest BCUT2D eigenvalue weighted by molar-refractivity contribution is 5.31. The van der Waals surface area contributed by atoms with Crippen molar-refractivity contribution in [3.05, 3.63) is 11.8 Å². The summed E-state index contributed by atoms with van der Waals surface area (Å²) in [5, 5.41) is 4.23. The third-order valence-corrected chi connectivity index (χ3v) is 2.04. The van der Waals surface area contributed by atoms with Crippen LogP contribution < -0.4 is 11.5 Å². The second kappa shape index (κ2) is 3.79. The number of rotatable bonds is 3. The first-order chi connectivity index (χ1) is 6.00. The van der Waals surface area contributed by atoms with Crippen LogP contribution in [-0.2, 0) is 7.05 Å². The van der Waals surface area contributed by atoms with E-state index in [1.807, 2.05) is 13.1 Å². The number of anilines is 1. The normalized spacial score (nSPS) is 13.6. The van der Waals surface area contributed by atoms with Gasteiger partial charge in [0.15, 0.2) is 0 Å². The summed E-state index contributed by atoms with van der Waals surface area (Å²) in [7, 11) is 1.82. The van der Waals surface area contributed by atoms with Gasteiger partial charge >= 0.3 is 0 Å². The highest BCUT2D eigenvalue weighted by Crippen LogP contribution is 2.18. The average Bonchev–Trinajstić information content (AvgIpc) is 2.31. The highest BCUT2D eigenvalue weighted by Gasteiger charge is 2.12. The van der Waals surface area contributed by atoms with Crippen molar-refractivity contribution in [1.29, 1.82) is 0 Å². The van der Waals surface area contributed by atoms with Crippen LogP contribution in [0.25, 0.3) is 0 Å². The zero-order valence-corrected chi connectivity index (χ0v) is 8.49. The molecule has 0 aliphatic carbocycles. The molecule has 4 N–H and O–H groups in total. The monoisotopic (exact) mass is 182 g/mol. The summed E-state index contributed by atoms with van der Waals surface area (Å²) < 4.78 is 1.65. The first-order valence-electron chi connectivity index (χ1n) is 4.55. The largest absolute Gasteiger partial charge is 0.384 e. The average molecular weight is 182 g/mol. The van der Waals surface area contributed by atoms with Crippen molar-refractivity contribution < 1.29 is 0 Å². The molecule has 0 aliphatic rings. The minimum absolute atomic E-state index is 0.00324. The van der Waals surface area contributed by atoms with Gasteiger partial charge < -0.3 is 11.5 Å². The molecule has 4 nitrogen and oxygen atoms in total. The van der Waals surface area contributed by atoms with E-state index in [1.165, 1.54) is 0 Å². The van der Waals surface area contributed by atoms with Gasteiger partial charge in [-0.15, -0.1) is 0 Å². The summed E-state index contributed by atoms with van der Waals surface area (Å²) in [6.07, 6.45) is 0.941. The molecular formula is C9H18N4. The van der Waals surface area contributed by atoms with E-state index >= 15 is 0 Å². The van der Waals surface area contributed by atoms with Gasteiger partial charge in [-0.3, -0.25) is 4.68 Å². The molecule has 0 radical (unpaired) electrons. The van der Waals surface area contributed by atoms with E-state index in [4.69, 9.17) is 11.5 Å². The maximum absolute atomic E-state index is 5.95. The van der Waals surface area contributed by atoms with Gasteiger partial charge in [0.05, 0.1) is 5.69 Å². The molecule has 0 fully saturated rings. The quantitative estimate of drug-likeness (QED) is 0.734. The van der Waals surface area contributed by atoms with E-state index < -0.39 is 0 Å². The van der Waals surface area contributed by atoms with Crippen LogP contribution in [-0.4, -0.2) is 9.78 Å². The van der Waals surface area contributed by atoms with E-state index in [1.54, 1.807) is 4.68 Å². The van der Waals surface area contributed by atoms with E-state index in [0.717, 1.165) is 12.1 Å². The predicted octanol–water partition coefficient (Wildman–Crippen LogP) is 1.05. The number of nitrogens with two attached hydrogens (primary N) is 2.